The zero-order valence-electron chi connectivity index (χ0n) is 20.5. The van der Waals surface area contributed by atoms with Crippen molar-refractivity contribution in [3.8, 4) is 11.4 Å². The second-order valence-corrected chi connectivity index (χ2v) is 10.5. The molecule has 4 rings (SSSR count). The number of anilines is 1. The summed E-state index contributed by atoms with van der Waals surface area (Å²) in [7, 11) is 1.91. The standard InChI is InChI=1S/C25H30N6O3S/c1-25(2,3)19-11-9-18(10-12-19)23-26-27-24(28(23)4)35-17-22(32)30-15-13-29(14-16-30)20-7-5-6-8-21(20)31(33)34/h5-12H,13-17H2,1-4H3. The number of rotatable bonds is 6. The molecule has 1 saturated heterocycles. The molecule has 0 N–H and O–H groups in total. The van der Waals surface area contributed by atoms with Crippen molar-refractivity contribution < 1.29 is 9.72 Å². The smallest absolute Gasteiger partial charge is 0.292 e. The molecule has 0 unspecified atom stereocenters. The van der Waals surface area contributed by atoms with Crippen LogP contribution in [0.1, 0.15) is 26.3 Å². The van der Waals surface area contributed by atoms with Gasteiger partial charge in [0.05, 0.1) is 10.7 Å². The molecule has 1 aliphatic heterocycles. The molecule has 35 heavy (non-hydrogen) atoms. The number of aromatic nitrogens is 3. The first-order valence-electron chi connectivity index (χ1n) is 11.5. The number of hydrogen-bond acceptors (Lipinski definition) is 7. The Bertz CT molecular complexity index is 1210. The average molecular weight is 495 g/mol. The second kappa shape index (κ2) is 10.1. The normalized spacial score (nSPS) is 14.3. The van der Waals surface area contributed by atoms with E-state index in [0.717, 1.165) is 11.4 Å². The van der Waals surface area contributed by atoms with Gasteiger partial charge < -0.3 is 14.4 Å². The number of hydrogen-bond donors (Lipinski definition) is 0. The maximum absolute atomic E-state index is 12.8. The molecule has 3 aromatic rings. The van der Waals surface area contributed by atoms with Crippen LogP contribution in [0.2, 0.25) is 0 Å². The van der Waals surface area contributed by atoms with Crippen molar-refractivity contribution >= 4 is 29.0 Å². The second-order valence-electron chi connectivity index (χ2n) is 9.59. The minimum Gasteiger partial charge on any atom is -0.362 e. The lowest BCUT2D eigenvalue weighted by molar-refractivity contribution is -0.384. The quantitative estimate of drug-likeness (QED) is 0.289. The van der Waals surface area contributed by atoms with Gasteiger partial charge >= 0.3 is 0 Å². The third-order valence-corrected chi connectivity index (χ3v) is 7.23. The number of benzene rings is 2. The topological polar surface area (TPSA) is 97.4 Å². The molecule has 2 heterocycles. The van der Waals surface area contributed by atoms with E-state index < -0.39 is 0 Å². The summed E-state index contributed by atoms with van der Waals surface area (Å²) in [6.45, 7) is 8.70. The number of nitro benzene ring substituents is 1. The number of nitro groups is 1. The molecule has 0 saturated carbocycles. The summed E-state index contributed by atoms with van der Waals surface area (Å²) in [6, 6.07) is 15.1. The Labute approximate surface area is 209 Å². The van der Waals surface area contributed by atoms with Crippen molar-refractivity contribution in [3.63, 3.8) is 0 Å². The number of amides is 1. The molecule has 0 bridgehead atoms. The Hall–Kier alpha value is -3.40. The lowest BCUT2D eigenvalue weighted by Gasteiger charge is -2.35. The first-order chi connectivity index (χ1) is 16.6. The van der Waals surface area contributed by atoms with Crippen LogP contribution in [-0.4, -0.2) is 62.4 Å². The fourth-order valence-electron chi connectivity index (χ4n) is 4.11. The van der Waals surface area contributed by atoms with Crippen molar-refractivity contribution in [2.24, 2.45) is 7.05 Å². The lowest BCUT2D eigenvalue weighted by atomic mass is 9.87. The molecular formula is C25H30N6O3S. The number of nitrogens with zero attached hydrogens (tertiary/aromatic N) is 6. The van der Waals surface area contributed by atoms with Gasteiger partial charge in [-0.25, -0.2) is 0 Å². The van der Waals surface area contributed by atoms with Crippen LogP contribution in [0.15, 0.2) is 53.7 Å². The van der Waals surface area contributed by atoms with E-state index >= 15 is 0 Å². The molecule has 1 amide bonds. The van der Waals surface area contributed by atoms with Gasteiger partial charge in [0.2, 0.25) is 5.91 Å². The van der Waals surface area contributed by atoms with Crippen LogP contribution in [0.5, 0.6) is 0 Å². The lowest BCUT2D eigenvalue weighted by Crippen LogP contribution is -2.49. The summed E-state index contributed by atoms with van der Waals surface area (Å²) in [5.41, 5.74) is 3.01. The number of carbonyl (C=O) groups is 1. The number of carbonyl (C=O) groups excluding carboxylic acids is 1. The maximum Gasteiger partial charge on any atom is 0.292 e. The fraction of sp³-hybridized carbons (Fsp3) is 0.400. The first-order valence-corrected chi connectivity index (χ1v) is 12.5. The van der Waals surface area contributed by atoms with Crippen LogP contribution in [-0.2, 0) is 17.3 Å². The van der Waals surface area contributed by atoms with Gasteiger partial charge in [0, 0.05) is 44.9 Å². The summed E-state index contributed by atoms with van der Waals surface area (Å²) in [6.07, 6.45) is 0. The van der Waals surface area contributed by atoms with Gasteiger partial charge in [-0.3, -0.25) is 14.9 Å². The highest BCUT2D eigenvalue weighted by atomic mass is 32.2. The third kappa shape index (κ3) is 5.48. The van der Waals surface area contributed by atoms with E-state index in [9.17, 15) is 14.9 Å². The molecule has 9 nitrogen and oxygen atoms in total. The predicted molar refractivity (Wildman–Crippen MR) is 138 cm³/mol. The van der Waals surface area contributed by atoms with Crippen molar-refractivity contribution in [1.29, 1.82) is 0 Å². The molecule has 1 aromatic heterocycles. The fourth-order valence-corrected chi connectivity index (χ4v) is 4.93. The molecule has 10 heteroatoms. The Morgan fingerprint density at radius 3 is 2.31 bits per heavy atom. The van der Waals surface area contributed by atoms with Crippen molar-refractivity contribution in [2.45, 2.75) is 31.3 Å². The van der Waals surface area contributed by atoms with Crippen molar-refractivity contribution in [1.82, 2.24) is 19.7 Å². The summed E-state index contributed by atoms with van der Waals surface area (Å²) < 4.78 is 1.91. The zero-order valence-corrected chi connectivity index (χ0v) is 21.3. The first kappa shape index (κ1) is 24.7. The van der Waals surface area contributed by atoms with E-state index in [1.54, 1.807) is 23.1 Å². The average Bonchev–Trinajstić information content (AvgIpc) is 3.22. The van der Waals surface area contributed by atoms with Crippen molar-refractivity contribution in [3.05, 3.63) is 64.2 Å². The maximum atomic E-state index is 12.8. The highest BCUT2D eigenvalue weighted by Gasteiger charge is 2.26. The molecule has 0 spiro atoms. The van der Waals surface area contributed by atoms with Crippen LogP contribution >= 0.6 is 11.8 Å². The van der Waals surface area contributed by atoms with Gasteiger partial charge in [0.15, 0.2) is 11.0 Å². The molecule has 0 aliphatic carbocycles. The highest BCUT2D eigenvalue weighted by Crippen LogP contribution is 2.29. The molecule has 1 aliphatic rings. The van der Waals surface area contributed by atoms with Crippen LogP contribution in [0, 0.1) is 10.1 Å². The van der Waals surface area contributed by atoms with E-state index in [1.807, 2.05) is 16.5 Å². The van der Waals surface area contributed by atoms with E-state index in [4.69, 9.17) is 0 Å². The Kier molecular flexibility index (Phi) is 7.11. The molecule has 1 fully saturated rings. The van der Waals surface area contributed by atoms with Gasteiger partial charge in [-0.2, -0.15) is 0 Å². The summed E-state index contributed by atoms with van der Waals surface area (Å²) >= 11 is 1.37. The molecular weight excluding hydrogens is 464 g/mol. The van der Waals surface area contributed by atoms with E-state index in [-0.39, 0.29) is 27.7 Å². The molecule has 0 atom stereocenters. The van der Waals surface area contributed by atoms with Crippen LogP contribution < -0.4 is 4.90 Å². The zero-order chi connectivity index (χ0) is 25.2. The van der Waals surface area contributed by atoms with Gasteiger partial charge in [-0.1, -0.05) is 68.9 Å². The Balaban J connectivity index is 1.34. The van der Waals surface area contributed by atoms with E-state index in [0.29, 0.717) is 37.0 Å². The predicted octanol–water partition coefficient (Wildman–Crippen LogP) is 4.13. The molecule has 2 aromatic carbocycles. The van der Waals surface area contributed by atoms with E-state index in [2.05, 4.69) is 55.2 Å². The minimum atomic E-state index is -0.363. The summed E-state index contributed by atoms with van der Waals surface area (Å²) in [5.74, 6) is 1.05. The largest absolute Gasteiger partial charge is 0.362 e. The van der Waals surface area contributed by atoms with Crippen LogP contribution in [0.4, 0.5) is 11.4 Å². The molecule has 0 radical (unpaired) electrons. The van der Waals surface area contributed by atoms with Gasteiger partial charge in [0.25, 0.3) is 5.69 Å². The number of thioether (sulfide) groups is 1. The highest BCUT2D eigenvalue weighted by molar-refractivity contribution is 7.99. The van der Waals surface area contributed by atoms with Crippen molar-refractivity contribution in [2.75, 3.05) is 36.8 Å². The van der Waals surface area contributed by atoms with Crippen LogP contribution in [0.3, 0.4) is 0 Å². The van der Waals surface area contributed by atoms with Gasteiger partial charge in [-0.15, -0.1) is 10.2 Å². The van der Waals surface area contributed by atoms with Gasteiger partial charge in [0.1, 0.15) is 5.69 Å². The van der Waals surface area contributed by atoms with E-state index in [1.165, 1.54) is 23.4 Å². The third-order valence-electron chi connectivity index (χ3n) is 6.22. The number of piperazine rings is 1. The summed E-state index contributed by atoms with van der Waals surface area (Å²) in [4.78, 5) is 27.6. The molecule has 184 valence electrons. The van der Waals surface area contributed by atoms with Crippen LogP contribution in [0.25, 0.3) is 11.4 Å². The Morgan fingerprint density at radius 2 is 1.69 bits per heavy atom. The monoisotopic (exact) mass is 494 g/mol. The minimum absolute atomic E-state index is 0.0243. The SMILES string of the molecule is Cn1c(SCC(=O)N2CCN(c3ccccc3[N+](=O)[O-])CC2)nnc1-c1ccc(C(C)(C)C)cc1. The van der Waals surface area contributed by atoms with Gasteiger partial charge in [-0.05, 0) is 17.0 Å². The Morgan fingerprint density at radius 1 is 1.03 bits per heavy atom. The summed E-state index contributed by atoms with van der Waals surface area (Å²) in [5, 5.41) is 20.6. The number of para-hydroxylation sites is 2.